The molecular formula is C22H27ClN2O. The maximum Gasteiger partial charge on any atom is 0.0722 e. The van der Waals surface area contributed by atoms with Gasteiger partial charge < -0.3 is 5.11 Å². The molecule has 1 fully saturated rings. The van der Waals surface area contributed by atoms with Crippen LogP contribution in [0.1, 0.15) is 41.0 Å². The Bertz CT molecular complexity index is 738. The quantitative estimate of drug-likeness (QED) is 0.898. The smallest absolute Gasteiger partial charge is 0.0722 e. The molecule has 0 atom stereocenters. The summed E-state index contributed by atoms with van der Waals surface area (Å²) in [6, 6.07) is 18.3. The Kier molecular flexibility index (Phi) is 4.83. The molecule has 4 aliphatic rings. The second kappa shape index (κ2) is 6.97. The first-order chi connectivity index (χ1) is 12.3. The summed E-state index contributed by atoms with van der Waals surface area (Å²) in [5, 5.41) is 9.24. The summed E-state index contributed by atoms with van der Waals surface area (Å²) in [4.78, 5) is 5.12. The van der Waals surface area contributed by atoms with Crippen molar-refractivity contribution in [2.24, 2.45) is 0 Å². The molecule has 6 rings (SSSR count). The zero-order chi connectivity index (χ0) is 16.9. The van der Waals surface area contributed by atoms with Crippen molar-refractivity contribution in [3.8, 4) is 0 Å². The van der Waals surface area contributed by atoms with Gasteiger partial charge in [0, 0.05) is 38.6 Å². The Hall–Kier alpha value is -1.39. The van der Waals surface area contributed by atoms with E-state index in [0.717, 1.165) is 32.7 Å². The average molecular weight is 371 g/mol. The Balaban J connectivity index is 0.00000168. The van der Waals surface area contributed by atoms with E-state index < -0.39 is 0 Å². The summed E-state index contributed by atoms with van der Waals surface area (Å²) >= 11 is 0. The minimum Gasteiger partial charge on any atom is -0.395 e. The van der Waals surface area contributed by atoms with Crippen molar-refractivity contribution in [3.63, 3.8) is 0 Å². The molecule has 2 bridgehead atoms. The largest absolute Gasteiger partial charge is 0.395 e. The molecule has 0 saturated carbocycles. The fraction of sp³-hybridized carbons (Fsp3) is 0.455. The highest BCUT2D eigenvalue weighted by molar-refractivity contribution is 5.85. The molecular weight excluding hydrogens is 344 g/mol. The van der Waals surface area contributed by atoms with Crippen molar-refractivity contribution in [1.29, 1.82) is 0 Å². The van der Waals surface area contributed by atoms with Gasteiger partial charge >= 0.3 is 0 Å². The number of hydrogen-bond acceptors (Lipinski definition) is 3. The van der Waals surface area contributed by atoms with Gasteiger partial charge in [-0.3, -0.25) is 9.80 Å². The topological polar surface area (TPSA) is 26.7 Å². The SMILES string of the molecule is Cl.OCCN1CCN(C23CCC(c4ccccc42)c2ccccc23)CC1. The molecule has 1 heterocycles. The number of piperazine rings is 1. The fourth-order valence-corrected chi connectivity index (χ4v) is 5.59. The fourth-order valence-electron chi connectivity index (χ4n) is 5.59. The van der Waals surface area contributed by atoms with Crippen molar-refractivity contribution >= 4 is 12.4 Å². The lowest BCUT2D eigenvalue weighted by Gasteiger charge is -2.56. The third-order valence-corrected chi connectivity index (χ3v) is 6.69. The Morgan fingerprint density at radius 1 is 0.885 bits per heavy atom. The van der Waals surface area contributed by atoms with E-state index in [9.17, 15) is 5.11 Å². The average Bonchev–Trinajstić information content (AvgIpc) is 2.69. The van der Waals surface area contributed by atoms with Crippen LogP contribution in [0.4, 0.5) is 0 Å². The zero-order valence-electron chi connectivity index (χ0n) is 15.1. The van der Waals surface area contributed by atoms with Crippen LogP contribution in [0.15, 0.2) is 48.5 Å². The van der Waals surface area contributed by atoms with E-state index in [1.54, 1.807) is 22.3 Å². The van der Waals surface area contributed by atoms with Crippen molar-refractivity contribution in [2.45, 2.75) is 24.3 Å². The molecule has 26 heavy (non-hydrogen) atoms. The van der Waals surface area contributed by atoms with E-state index in [1.165, 1.54) is 12.8 Å². The number of fused-ring (bicyclic) bond motifs is 1. The molecule has 2 aromatic carbocycles. The predicted molar refractivity (Wildman–Crippen MR) is 107 cm³/mol. The van der Waals surface area contributed by atoms with Crippen LogP contribution in [0, 0.1) is 0 Å². The molecule has 0 amide bonds. The highest BCUT2D eigenvalue weighted by Gasteiger charge is 2.51. The monoisotopic (exact) mass is 370 g/mol. The highest BCUT2D eigenvalue weighted by atomic mass is 35.5. The molecule has 3 nitrogen and oxygen atoms in total. The summed E-state index contributed by atoms with van der Waals surface area (Å²) in [5.74, 6) is 0.574. The van der Waals surface area contributed by atoms with Crippen LogP contribution in [-0.4, -0.2) is 54.2 Å². The lowest BCUT2D eigenvalue weighted by molar-refractivity contribution is 0.0297. The second-order valence-corrected chi connectivity index (χ2v) is 7.68. The van der Waals surface area contributed by atoms with E-state index in [2.05, 4.69) is 58.3 Å². The van der Waals surface area contributed by atoms with Gasteiger partial charge in [-0.15, -0.1) is 12.4 Å². The first-order valence-electron chi connectivity index (χ1n) is 9.61. The summed E-state index contributed by atoms with van der Waals surface area (Å²) < 4.78 is 0. The van der Waals surface area contributed by atoms with Crippen LogP contribution in [0.5, 0.6) is 0 Å². The predicted octanol–water partition coefficient (Wildman–Crippen LogP) is 3.20. The van der Waals surface area contributed by atoms with Crippen LogP contribution in [0.3, 0.4) is 0 Å². The molecule has 0 unspecified atom stereocenters. The summed E-state index contributed by atoms with van der Waals surface area (Å²) in [5.41, 5.74) is 6.23. The number of aliphatic hydroxyl groups excluding tert-OH is 1. The van der Waals surface area contributed by atoms with Gasteiger partial charge in [-0.05, 0) is 35.1 Å². The molecule has 2 aromatic rings. The molecule has 1 N–H and O–H groups in total. The van der Waals surface area contributed by atoms with Crippen molar-refractivity contribution in [1.82, 2.24) is 9.80 Å². The van der Waals surface area contributed by atoms with Crippen molar-refractivity contribution < 1.29 is 5.11 Å². The minimum absolute atomic E-state index is 0. The Morgan fingerprint density at radius 2 is 1.46 bits per heavy atom. The first kappa shape index (κ1) is 18.0. The Morgan fingerprint density at radius 3 is 2.04 bits per heavy atom. The number of rotatable bonds is 3. The van der Waals surface area contributed by atoms with Gasteiger partial charge in [0.2, 0.25) is 0 Å². The van der Waals surface area contributed by atoms with Gasteiger partial charge in [0.1, 0.15) is 0 Å². The maximum absolute atomic E-state index is 9.24. The highest BCUT2D eigenvalue weighted by Crippen LogP contribution is 2.57. The first-order valence-corrected chi connectivity index (χ1v) is 9.61. The van der Waals surface area contributed by atoms with Crippen LogP contribution in [0.2, 0.25) is 0 Å². The third-order valence-electron chi connectivity index (χ3n) is 6.69. The molecule has 0 radical (unpaired) electrons. The van der Waals surface area contributed by atoms with Crippen molar-refractivity contribution in [3.05, 3.63) is 70.8 Å². The molecule has 0 spiro atoms. The normalized spacial score (nSPS) is 27.5. The van der Waals surface area contributed by atoms with Crippen molar-refractivity contribution in [2.75, 3.05) is 39.3 Å². The lowest BCUT2D eigenvalue weighted by Crippen LogP contribution is -2.59. The van der Waals surface area contributed by atoms with Gasteiger partial charge in [0.15, 0.2) is 0 Å². The van der Waals surface area contributed by atoms with E-state index in [4.69, 9.17) is 0 Å². The number of nitrogens with zero attached hydrogens (tertiary/aromatic N) is 2. The lowest BCUT2D eigenvalue weighted by atomic mass is 9.58. The van der Waals surface area contributed by atoms with Crippen LogP contribution >= 0.6 is 12.4 Å². The van der Waals surface area contributed by atoms with Gasteiger partial charge in [0.25, 0.3) is 0 Å². The van der Waals surface area contributed by atoms with Gasteiger partial charge in [-0.2, -0.15) is 0 Å². The summed E-state index contributed by atoms with van der Waals surface area (Å²) in [6.07, 6.45) is 2.48. The molecule has 1 saturated heterocycles. The van der Waals surface area contributed by atoms with Crippen LogP contribution < -0.4 is 0 Å². The Labute approximate surface area is 162 Å². The van der Waals surface area contributed by atoms with Crippen LogP contribution in [0.25, 0.3) is 0 Å². The molecule has 3 aliphatic carbocycles. The number of benzene rings is 2. The van der Waals surface area contributed by atoms with E-state index >= 15 is 0 Å². The number of hydrogen-bond donors (Lipinski definition) is 1. The van der Waals surface area contributed by atoms with E-state index in [0.29, 0.717) is 5.92 Å². The molecule has 4 heteroatoms. The maximum atomic E-state index is 9.24. The summed E-state index contributed by atoms with van der Waals surface area (Å²) in [7, 11) is 0. The standard InChI is InChI=1S/C22H26N2O.ClH/c25-16-15-23-11-13-24(14-12-23)22-10-9-17(18-5-1-3-7-20(18)22)19-6-2-4-8-21(19)22;/h1-8,17,25H,9-16H2;1H. The number of halogens is 1. The molecule has 138 valence electrons. The van der Waals surface area contributed by atoms with Gasteiger partial charge in [0.05, 0.1) is 12.1 Å². The number of aliphatic hydroxyl groups is 1. The van der Waals surface area contributed by atoms with Crippen LogP contribution in [-0.2, 0) is 5.54 Å². The zero-order valence-corrected chi connectivity index (χ0v) is 15.9. The second-order valence-electron chi connectivity index (χ2n) is 7.68. The summed E-state index contributed by atoms with van der Waals surface area (Å²) in [6.45, 7) is 5.32. The van der Waals surface area contributed by atoms with E-state index in [1.807, 2.05) is 0 Å². The van der Waals surface area contributed by atoms with E-state index in [-0.39, 0.29) is 24.6 Å². The molecule has 0 aromatic heterocycles. The third kappa shape index (κ3) is 2.45. The molecule has 1 aliphatic heterocycles. The van der Waals surface area contributed by atoms with Gasteiger partial charge in [-0.25, -0.2) is 0 Å². The number of β-amino-alcohol motifs (C(OH)–C–C–N with tert-alkyl or cyclic N) is 1. The minimum atomic E-state index is 0. The van der Waals surface area contributed by atoms with Gasteiger partial charge in [-0.1, -0.05) is 48.5 Å².